The van der Waals surface area contributed by atoms with Crippen LogP contribution < -0.4 is 10.3 Å². The SMILES string of the molecule is COc1ccc(N=Nc2c(C)c(C#N)c(O)n(-c3ccccn3)c2=O)cc1. The summed E-state index contributed by atoms with van der Waals surface area (Å²) in [7, 11) is 1.56. The van der Waals surface area contributed by atoms with E-state index in [1.54, 1.807) is 49.6 Å². The number of nitriles is 1. The number of hydrogen-bond acceptors (Lipinski definition) is 7. The van der Waals surface area contributed by atoms with Gasteiger partial charge >= 0.3 is 0 Å². The van der Waals surface area contributed by atoms with E-state index < -0.39 is 11.4 Å². The molecule has 0 saturated heterocycles. The summed E-state index contributed by atoms with van der Waals surface area (Å²) >= 11 is 0. The molecule has 0 aliphatic carbocycles. The number of ether oxygens (including phenoxy) is 1. The van der Waals surface area contributed by atoms with Crippen molar-refractivity contribution >= 4 is 11.4 Å². The van der Waals surface area contributed by atoms with Gasteiger partial charge in [0.1, 0.15) is 23.2 Å². The highest BCUT2D eigenvalue weighted by Crippen LogP contribution is 2.28. The molecule has 2 aromatic heterocycles. The van der Waals surface area contributed by atoms with Gasteiger partial charge in [-0.15, -0.1) is 5.11 Å². The first-order chi connectivity index (χ1) is 13.1. The van der Waals surface area contributed by atoms with E-state index in [9.17, 15) is 15.2 Å². The third kappa shape index (κ3) is 3.39. The van der Waals surface area contributed by atoms with Gasteiger partial charge in [0.2, 0.25) is 5.88 Å². The number of aromatic hydroxyl groups is 1. The lowest BCUT2D eigenvalue weighted by Crippen LogP contribution is -2.21. The van der Waals surface area contributed by atoms with Crippen LogP contribution in [0.1, 0.15) is 11.1 Å². The zero-order chi connectivity index (χ0) is 19.4. The lowest BCUT2D eigenvalue weighted by molar-refractivity contribution is 0.415. The first-order valence-electron chi connectivity index (χ1n) is 7.92. The third-order valence-corrected chi connectivity index (χ3v) is 3.90. The van der Waals surface area contributed by atoms with Gasteiger partial charge in [-0.1, -0.05) is 6.07 Å². The molecule has 0 aliphatic rings. The van der Waals surface area contributed by atoms with Crippen molar-refractivity contribution in [2.75, 3.05) is 7.11 Å². The third-order valence-electron chi connectivity index (χ3n) is 3.90. The topological polar surface area (TPSA) is 113 Å². The van der Waals surface area contributed by atoms with Crippen LogP contribution in [0, 0.1) is 18.3 Å². The molecule has 0 saturated carbocycles. The molecular weight excluding hydrogens is 346 g/mol. The second kappa shape index (κ2) is 7.49. The average molecular weight is 361 g/mol. The number of methoxy groups -OCH3 is 1. The molecule has 134 valence electrons. The normalized spacial score (nSPS) is 10.7. The molecule has 1 N–H and O–H groups in total. The minimum atomic E-state index is -0.625. The molecule has 0 amide bonds. The van der Waals surface area contributed by atoms with E-state index in [1.165, 1.54) is 13.1 Å². The highest BCUT2D eigenvalue weighted by atomic mass is 16.5. The standard InChI is InChI=1S/C19H15N5O3/c1-12-15(11-20)18(25)24(16-5-3-4-10-21-16)19(26)17(12)23-22-13-6-8-14(27-2)9-7-13/h3-10,25H,1-2H3. The summed E-state index contributed by atoms with van der Waals surface area (Å²) in [6.45, 7) is 1.53. The fraction of sp³-hybridized carbons (Fsp3) is 0.105. The number of benzene rings is 1. The average Bonchev–Trinajstić information content (AvgIpc) is 2.69. The summed E-state index contributed by atoms with van der Waals surface area (Å²) in [6.07, 6.45) is 1.48. The van der Waals surface area contributed by atoms with Crippen LogP contribution >= 0.6 is 0 Å². The molecule has 8 nitrogen and oxygen atoms in total. The van der Waals surface area contributed by atoms with E-state index in [2.05, 4.69) is 15.2 Å². The van der Waals surface area contributed by atoms with Crippen molar-refractivity contribution in [3.8, 4) is 23.5 Å². The first kappa shape index (κ1) is 17.8. The molecule has 0 spiro atoms. The predicted molar refractivity (Wildman–Crippen MR) is 98.1 cm³/mol. The van der Waals surface area contributed by atoms with Gasteiger partial charge in [-0.05, 0) is 43.3 Å². The molecule has 8 heteroatoms. The smallest absolute Gasteiger partial charge is 0.287 e. The molecule has 0 aliphatic heterocycles. The molecule has 0 atom stereocenters. The van der Waals surface area contributed by atoms with Gasteiger partial charge in [0.05, 0.1) is 12.8 Å². The molecule has 1 aromatic carbocycles. The maximum atomic E-state index is 12.9. The quantitative estimate of drug-likeness (QED) is 0.714. The highest BCUT2D eigenvalue weighted by Gasteiger charge is 2.20. The summed E-state index contributed by atoms with van der Waals surface area (Å²) in [5, 5.41) is 27.9. The van der Waals surface area contributed by atoms with Crippen molar-refractivity contribution in [1.29, 1.82) is 5.26 Å². The summed E-state index contributed by atoms with van der Waals surface area (Å²) in [5.74, 6) is 0.360. The number of aromatic nitrogens is 2. The maximum absolute atomic E-state index is 12.9. The van der Waals surface area contributed by atoms with E-state index in [4.69, 9.17) is 4.74 Å². The number of rotatable bonds is 4. The van der Waals surface area contributed by atoms with Gasteiger partial charge in [-0.2, -0.15) is 10.4 Å². The molecular formula is C19H15N5O3. The minimum absolute atomic E-state index is 0.0502. The van der Waals surface area contributed by atoms with Crippen LogP contribution in [0.4, 0.5) is 11.4 Å². The Morgan fingerprint density at radius 2 is 1.93 bits per heavy atom. The van der Waals surface area contributed by atoms with Crippen LogP contribution in [-0.4, -0.2) is 21.8 Å². The molecule has 2 heterocycles. The van der Waals surface area contributed by atoms with Crippen LogP contribution in [0.15, 0.2) is 63.7 Å². The van der Waals surface area contributed by atoms with Crippen LogP contribution in [0.25, 0.3) is 5.82 Å². The number of nitrogens with zero attached hydrogens (tertiary/aromatic N) is 5. The Morgan fingerprint density at radius 1 is 1.19 bits per heavy atom. The molecule has 3 rings (SSSR count). The Morgan fingerprint density at radius 3 is 2.52 bits per heavy atom. The molecule has 0 bridgehead atoms. The molecule has 0 radical (unpaired) electrons. The van der Waals surface area contributed by atoms with Crippen LogP contribution in [0.2, 0.25) is 0 Å². The molecule has 0 fully saturated rings. The van der Waals surface area contributed by atoms with E-state index in [0.29, 0.717) is 11.4 Å². The van der Waals surface area contributed by atoms with E-state index >= 15 is 0 Å². The summed E-state index contributed by atoms with van der Waals surface area (Å²) in [5.41, 5.74) is 0.00438. The van der Waals surface area contributed by atoms with Crippen LogP contribution in [-0.2, 0) is 0 Å². The zero-order valence-electron chi connectivity index (χ0n) is 14.6. The van der Waals surface area contributed by atoms with Crippen LogP contribution in [0.3, 0.4) is 0 Å². The fourth-order valence-corrected chi connectivity index (χ4v) is 2.47. The van der Waals surface area contributed by atoms with Gasteiger partial charge in [-0.3, -0.25) is 4.79 Å². The summed E-state index contributed by atoms with van der Waals surface area (Å²) in [6, 6.07) is 13.6. The zero-order valence-corrected chi connectivity index (χ0v) is 14.6. The number of pyridine rings is 2. The van der Waals surface area contributed by atoms with Crippen molar-refractivity contribution < 1.29 is 9.84 Å². The van der Waals surface area contributed by atoms with Gasteiger partial charge in [0, 0.05) is 11.8 Å². The second-order valence-electron chi connectivity index (χ2n) is 5.51. The minimum Gasteiger partial charge on any atom is -0.497 e. The second-order valence-corrected chi connectivity index (χ2v) is 5.51. The van der Waals surface area contributed by atoms with E-state index in [1.807, 2.05) is 6.07 Å². The maximum Gasteiger partial charge on any atom is 0.287 e. The van der Waals surface area contributed by atoms with Gasteiger partial charge in [0.25, 0.3) is 5.56 Å². The van der Waals surface area contributed by atoms with Gasteiger partial charge in [0.15, 0.2) is 5.69 Å². The predicted octanol–water partition coefficient (Wildman–Crippen LogP) is 3.54. The molecule has 0 unspecified atom stereocenters. The largest absolute Gasteiger partial charge is 0.497 e. The van der Waals surface area contributed by atoms with Crippen LogP contribution in [0.5, 0.6) is 11.6 Å². The summed E-state index contributed by atoms with van der Waals surface area (Å²) < 4.78 is 6.02. The monoisotopic (exact) mass is 361 g/mol. The van der Waals surface area contributed by atoms with E-state index in [0.717, 1.165) is 4.57 Å². The summed E-state index contributed by atoms with van der Waals surface area (Å²) in [4.78, 5) is 16.9. The Balaban J connectivity index is 2.16. The van der Waals surface area contributed by atoms with Gasteiger partial charge in [-0.25, -0.2) is 9.55 Å². The Labute approximate surface area is 154 Å². The Bertz CT molecular complexity index is 1100. The number of hydrogen-bond donors (Lipinski definition) is 1. The van der Waals surface area contributed by atoms with Gasteiger partial charge < -0.3 is 9.84 Å². The van der Waals surface area contributed by atoms with Crippen molar-refractivity contribution in [2.45, 2.75) is 6.92 Å². The Hall–Kier alpha value is -3.99. The van der Waals surface area contributed by atoms with Crippen molar-refractivity contribution in [3.05, 3.63) is 70.1 Å². The first-order valence-corrected chi connectivity index (χ1v) is 7.92. The van der Waals surface area contributed by atoms with E-state index in [-0.39, 0.29) is 22.6 Å². The molecule has 27 heavy (non-hydrogen) atoms. The Kier molecular flexibility index (Phi) is 4.95. The van der Waals surface area contributed by atoms with Crippen molar-refractivity contribution in [3.63, 3.8) is 0 Å². The lowest BCUT2D eigenvalue weighted by atomic mass is 10.1. The molecule has 3 aromatic rings. The lowest BCUT2D eigenvalue weighted by Gasteiger charge is -2.12. The van der Waals surface area contributed by atoms with Crippen molar-refractivity contribution in [1.82, 2.24) is 9.55 Å². The van der Waals surface area contributed by atoms with Crippen molar-refractivity contribution in [2.24, 2.45) is 10.2 Å². The number of azo groups is 1. The highest BCUT2D eigenvalue weighted by molar-refractivity contribution is 5.58. The fourth-order valence-electron chi connectivity index (χ4n) is 2.47.